The van der Waals surface area contributed by atoms with Gasteiger partial charge >= 0.3 is 0 Å². The third kappa shape index (κ3) is 1.30. The summed E-state index contributed by atoms with van der Waals surface area (Å²) in [5, 5.41) is 11.8. The van der Waals surface area contributed by atoms with Gasteiger partial charge in [0.25, 0.3) is 0 Å². The third-order valence-corrected chi connectivity index (χ3v) is 3.38. The SMILES string of the molecule is C[n+]1ccc2c(c1)[nH]c1cc(Br)c(O)cc12. The standard InChI is InChI=1S/C12H9BrN2O/c1-15-3-2-7-8-4-12(16)9(13)5-10(8)14-11(7)6-15/h2-6,16H,1H3/p+1. The predicted molar refractivity (Wildman–Crippen MR) is 66.3 cm³/mol. The van der Waals surface area contributed by atoms with E-state index >= 15 is 0 Å². The number of hydrogen-bond acceptors (Lipinski definition) is 1. The summed E-state index contributed by atoms with van der Waals surface area (Å²) in [6.45, 7) is 0. The highest BCUT2D eigenvalue weighted by molar-refractivity contribution is 9.10. The van der Waals surface area contributed by atoms with Crippen molar-refractivity contribution in [3.8, 4) is 5.75 Å². The zero-order chi connectivity index (χ0) is 11.3. The van der Waals surface area contributed by atoms with Gasteiger partial charge in [0.1, 0.15) is 18.3 Å². The van der Waals surface area contributed by atoms with Crippen molar-refractivity contribution < 1.29 is 9.67 Å². The number of benzene rings is 1. The average molecular weight is 278 g/mol. The third-order valence-electron chi connectivity index (χ3n) is 2.75. The summed E-state index contributed by atoms with van der Waals surface area (Å²) in [5.74, 6) is 0.265. The molecule has 0 fully saturated rings. The second-order valence-electron chi connectivity index (χ2n) is 3.91. The Hall–Kier alpha value is -1.55. The van der Waals surface area contributed by atoms with E-state index in [2.05, 4.69) is 20.9 Å². The van der Waals surface area contributed by atoms with E-state index in [9.17, 15) is 5.11 Å². The van der Waals surface area contributed by atoms with Crippen molar-refractivity contribution in [3.63, 3.8) is 0 Å². The van der Waals surface area contributed by atoms with Crippen molar-refractivity contribution in [2.75, 3.05) is 0 Å². The van der Waals surface area contributed by atoms with E-state index in [1.807, 2.05) is 36.1 Å². The first-order valence-electron chi connectivity index (χ1n) is 4.94. The molecule has 0 unspecified atom stereocenters. The summed E-state index contributed by atoms with van der Waals surface area (Å²) in [6, 6.07) is 5.71. The van der Waals surface area contributed by atoms with Crippen LogP contribution in [0.25, 0.3) is 21.8 Å². The number of phenolic OH excluding ortho intramolecular Hbond substituents is 1. The number of aryl methyl sites for hydroxylation is 1. The van der Waals surface area contributed by atoms with Gasteiger partial charge in [-0.3, -0.25) is 0 Å². The quantitative estimate of drug-likeness (QED) is 0.610. The zero-order valence-corrected chi connectivity index (χ0v) is 10.2. The van der Waals surface area contributed by atoms with Gasteiger partial charge < -0.3 is 10.1 Å². The Kier molecular flexibility index (Phi) is 1.94. The Bertz CT molecular complexity index is 703. The van der Waals surface area contributed by atoms with Crippen LogP contribution in [0.3, 0.4) is 0 Å². The molecule has 4 heteroatoms. The van der Waals surface area contributed by atoms with Crippen LogP contribution in [0.1, 0.15) is 0 Å². The molecule has 0 radical (unpaired) electrons. The van der Waals surface area contributed by atoms with E-state index in [1.54, 1.807) is 6.07 Å². The minimum atomic E-state index is 0.265. The first-order valence-corrected chi connectivity index (χ1v) is 5.73. The number of halogens is 1. The Morgan fingerprint density at radius 1 is 1.25 bits per heavy atom. The molecule has 80 valence electrons. The predicted octanol–water partition coefficient (Wildman–Crippen LogP) is 2.61. The van der Waals surface area contributed by atoms with Crippen molar-refractivity contribution in [3.05, 3.63) is 35.1 Å². The van der Waals surface area contributed by atoms with Crippen molar-refractivity contribution in [1.82, 2.24) is 4.98 Å². The lowest BCUT2D eigenvalue weighted by molar-refractivity contribution is -0.670. The number of phenols is 1. The summed E-state index contributed by atoms with van der Waals surface area (Å²) in [6.07, 6.45) is 4.02. The summed E-state index contributed by atoms with van der Waals surface area (Å²) in [4.78, 5) is 3.32. The Balaban J connectivity index is 2.51. The largest absolute Gasteiger partial charge is 0.507 e. The fourth-order valence-corrected chi connectivity index (χ4v) is 2.31. The normalized spacial score (nSPS) is 11.4. The number of aromatic hydroxyl groups is 1. The monoisotopic (exact) mass is 277 g/mol. The number of aromatic amines is 1. The van der Waals surface area contributed by atoms with E-state index in [-0.39, 0.29) is 5.75 Å². The van der Waals surface area contributed by atoms with Crippen molar-refractivity contribution in [2.24, 2.45) is 7.05 Å². The maximum atomic E-state index is 9.68. The number of H-pyrrole nitrogens is 1. The van der Waals surface area contributed by atoms with E-state index in [4.69, 9.17) is 0 Å². The number of nitrogens with one attached hydrogen (secondary N) is 1. The van der Waals surface area contributed by atoms with Crippen molar-refractivity contribution in [2.45, 2.75) is 0 Å². The molecular weight excluding hydrogens is 268 g/mol. The van der Waals surface area contributed by atoms with Gasteiger partial charge in [-0.25, -0.2) is 4.57 Å². The number of hydrogen-bond donors (Lipinski definition) is 2. The maximum Gasteiger partial charge on any atom is 0.192 e. The van der Waals surface area contributed by atoms with E-state index < -0.39 is 0 Å². The van der Waals surface area contributed by atoms with E-state index in [1.165, 1.54) is 0 Å². The molecule has 2 aromatic heterocycles. The van der Waals surface area contributed by atoms with Gasteiger partial charge in [0.05, 0.1) is 4.47 Å². The second-order valence-corrected chi connectivity index (χ2v) is 4.77. The van der Waals surface area contributed by atoms with Gasteiger partial charge in [0, 0.05) is 22.4 Å². The van der Waals surface area contributed by atoms with Gasteiger partial charge in [0.2, 0.25) is 0 Å². The first kappa shape index (κ1) is 9.66. The van der Waals surface area contributed by atoms with Gasteiger partial charge in [-0.05, 0) is 28.1 Å². The number of nitrogens with zero attached hydrogens (tertiary/aromatic N) is 1. The number of aromatic nitrogens is 2. The fraction of sp³-hybridized carbons (Fsp3) is 0.0833. The van der Waals surface area contributed by atoms with E-state index in [0.29, 0.717) is 4.47 Å². The second kappa shape index (κ2) is 3.22. The van der Waals surface area contributed by atoms with Crippen LogP contribution in [0.2, 0.25) is 0 Å². The molecule has 0 aliphatic rings. The molecule has 0 atom stereocenters. The molecule has 3 rings (SSSR count). The molecule has 0 aliphatic heterocycles. The van der Waals surface area contributed by atoms with Crippen LogP contribution in [0, 0.1) is 0 Å². The Labute approximate surface area is 100 Å². The molecule has 0 spiro atoms. The highest BCUT2D eigenvalue weighted by atomic mass is 79.9. The van der Waals surface area contributed by atoms with Crippen LogP contribution in [-0.4, -0.2) is 10.1 Å². The summed E-state index contributed by atoms with van der Waals surface area (Å²) in [7, 11) is 1.98. The highest BCUT2D eigenvalue weighted by Gasteiger charge is 2.09. The van der Waals surface area contributed by atoms with Crippen LogP contribution in [0.15, 0.2) is 35.1 Å². The molecule has 0 saturated heterocycles. The average Bonchev–Trinajstić information content (AvgIpc) is 2.55. The number of pyridine rings is 1. The van der Waals surface area contributed by atoms with Crippen LogP contribution in [0.5, 0.6) is 5.75 Å². The molecule has 16 heavy (non-hydrogen) atoms. The molecule has 3 nitrogen and oxygen atoms in total. The van der Waals surface area contributed by atoms with Crippen molar-refractivity contribution >= 4 is 37.7 Å². The number of rotatable bonds is 0. The van der Waals surface area contributed by atoms with Crippen LogP contribution >= 0.6 is 15.9 Å². The summed E-state index contributed by atoms with van der Waals surface area (Å²) < 4.78 is 2.70. The molecule has 1 aromatic carbocycles. The molecule has 2 heterocycles. The minimum absolute atomic E-state index is 0.265. The van der Waals surface area contributed by atoms with Crippen LogP contribution in [-0.2, 0) is 7.05 Å². The van der Waals surface area contributed by atoms with Crippen molar-refractivity contribution in [1.29, 1.82) is 0 Å². The molecule has 0 saturated carbocycles. The molecule has 0 amide bonds. The summed E-state index contributed by atoms with van der Waals surface area (Å²) >= 11 is 3.31. The smallest absolute Gasteiger partial charge is 0.192 e. The van der Waals surface area contributed by atoms with Gasteiger partial charge in [-0.1, -0.05) is 0 Å². The molecule has 0 aliphatic carbocycles. The van der Waals surface area contributed by atoms with Gasteiger partial charge in [0.15, 0.2) is 12.4 Å². The minimum Gasteiger partial charge on any atom is -0.507 e. The topological polar surface area (TPSA) is 39.9 Å². The van der Waals surface area contributed by atoms with E-state index in [0.717, 1.165) is 21.8 Å². The first-order chi connectivity index (χ1) is 7.65. The molecule has 3 aromatic rings. The molecule has 2 N–H and O–H groups in total. The highest BCUT2D eigenvalue weighted by Crippen LogP contribution is 2.32. The summed E-state index contributed by atoms with van der Waals surface area (Å²) in [5.41, 5.74) is 2.09. The fourth-order valence-electron chi connectivity index (χ4n) is 1.97. The molecule has 0 bridgehead atoms. The number of fused-ring (bicyclic) bond motifs is 3. The zero-order valence-electron chi connectivity index (χ0n) is 8.66. The lowest BCUT2D eigenvalue weighted by Crippen LogP contribution is -2.25. The maximum absolute atomic E-state index is 9.68. The Morgan fingerprint density at radius 3 is 2.88 bits per heavy atom. The van der Waals surface area contributed by atoms with Gasteiger partial charge in [-0.2, -0.15) is 0 Å². The van der Waals surface area contributed by atoms with Crippen LogP contribution < -0.4 is 4.57 Å². The Morgan fingerprint density at radius 2 is 2.06 bits per heavy atom. The van der Waals surface area contributed by atoms with Crippen LogP contribution in [0.4, 0.5) is 0 Å². The lowest BCUT2D eigenvalue weighted by atomic mass is 10.2. The lowest BCUT2D eigenvalue weighted by Gasteiger charge is -1.96. The van der Waals surface area contributed by atoms with Gasteiger partial charge in [-0.15, -0.1) is 0 Å². The molecular formula is C12H10BrN2O+.